The van der Waals surface area contributed by atoms with Gasteiger partial charge in [-0.05, 0) is 71.7 Å². The molecule has 0 aliphatic heterocycles. The Hall–Kier alpha value is -5.74. The Morgan fingerprint density at radius 3 is 2.00 bits per heavy atom. The molecule has 10 heteroatoms. The zero-order valence-electron chi connectivity index (χ0n) is 34.3. The molecule has 0 spiro atoms. The van der Waals surface area contributed by atoms with Crippen LogP contribution in [0.15, 0.2) is 116 Å². The Kier molecular flexibility index (Phi) is 14.3. The highest BCUT2D eigenvalue weighted by Crippen LogP contribution is 2.44. The van der Waals surface area contributed by atoms with Gasteiger partial charge in [-0.3, -0.25) is 9.59 Å². The molecule has 0 heterocycles. The number of carbonyl (C=O) groups is 4. The molecule has 1 aliphatic carbocycles. The highest BCUT2D eigenvalue weighted by atomic mass is 16.6. The molecule has 5 rings (SSSR count). The number of likely N-dealkylation sites (N-methyl/N-ethyl adjacent to an activating group) is 1. The van der Waals surface area contributed by atoms with Crippen LogP contribution in [-0.4, -0.2) is 70.2 Å². The second kappa shape index (κ2) is 19.1. The lowest BCUT2D eigenvalue weighted by molar-refractivity contribution is -0.162. The number of ketones is 1. The van der Waals surface area contributed by atoms with E-state index in [4.69, 9.17) is 9.47 Å². The van der Waals surface area contributed by atoms with E-state index in [9.17, 15) is 29.4 Å². The summed E-state index contributed by atoms with van der Waals surface area (Å²) in [5.74, 6) is -3.64. The molecule has 0 saturated heterocycles. The van der Waals surface area contributed by atoms with Crippen molar-refractivity contribution in [3.63, 3.8) is 0 Å². The van der Waals surface area contributed by atoms with Crippen LogP contribution >= 0.6 is 0 Å². The highest BCUT2D eigenvalue weighted by Gasteiger charge is 2.41. The Balaban J connectivity index is 1.36. The van der Waals surface area contributed by atoms with E-state index in [0.717, 1.165) is 27.8 Å². The van der Waals surface area contributed by atoms with Crippen LogP contribution in [0.25, 0.3) is 11.1 Å². The van der Waals surface area contributed by atoms with Crippen molar-refractivity contribution in [2.24, 2.45) is 17.8 Å². The fourth-order valence-electron chi connectivity index (χ4n) is 7.71. The SMILES string of the molecule is C=C[C@@H](C)[C@H](OC(=O)[C@@H](NC(=O)[C@H](CC(=O)[C@H]([C@@H](C)CC)N(C)C(=O)OCC1c2ccccc2-c2ccccc21)Cc1ccc(O)cc1)C(C)(C)O)c1ccccc1. The fraction of sp³-hybridized carbons (Fsp3) is 0.375. The van der Waals surface area contributed by atoms with E-state index in [-0.39, 0.29) is 48.7 Å². The van der Waals surface area contributed by atoms with Gasteiger partial charge in [0, 0.05) is 31.2 Å². The molecular formula is C48H56N2O8. The Bertz CT molecular complexity index is 2010. The number of carbonyl (C=O) groups excluding carboxylic acids is 4. The van der Waals surface area contributed by atoms with E-state index in [1.165, 1.54) is 37.9 Å². The van der Waals surface area contributed by atoms with Crippen molar-refractivity contribution in [1.82, 2.24) is 10.2 Å². The summed E-state index contributed by atoms with van der Waals surface area (Å²) in [5, 5.41) is 23.9. The first-order valence-corrected chi connectivity index (χ1v) is 19.9. The fourth-order valence-corrected chi connectivity index (χ4v) is 7.71. The molecule has 6 atom stereocenters. The maximum absolute atomic E-state index is 14.4. The van der Waals surface area contributed by atoms with Crippen molar-refractivity contribution in [1.29, 1.82) is 0 Å². The number of hydrogen-bond acceptors (Lipinski definition) is 8. The molecule has 4 aromatic carbocycles. The molecule has 0 aromatic heterocycles. The molecule has 0 bridgehead atoms. The normalized spacial score (nSPS) is 15.4. The van der Waals surface area contributed by atoms with Gasteiger partial charge in [0.2, 0.25) is 5.91 Å². The maximum atomic E-state index is 14.4. The van der Waals surface area contributed by atoms with Crippen molar-refractivity contribution in [2.45, 2.75) is 83.6 Å². The van der Waals surface area contributed by atoms with Gasteiger partial charge in [0.1, 0.15) is 18.5 Å². The van der Waals surface area contributed by atoms with Crippen LogP contribution in [0.2, 0.25) is 0 Å². The van der Waals surface area contributed by atoms with E-state index < -0.39 is 47.7 Å². The smallest absolute Gasteiger partial charge is 0.410 e. The quantitative estimate of drug-likeness (QED) is 0.0678. The van der Waals surface area contributed by atoms with E-state index in [0.29, 0.717) is 12.0 Å². The summed E-state index contributed by atoms with van der Waals surface area (Å²) in [6.45, 7) is 12.4. The third-order valence-electron chi connectivity index (χ3n) is 11.2. The highest BCUT2D eigenvalue weighted by molar-refractivity contribution is 5.93. The van der Waals surface area contributed by atoms with Gasteiger partial charge in [-0.25, -0.2) is 9.59 Å². The average Bonchev–Trinajstić information content (AvgIpc) is 3.54. The average molecular weight is 789 g/mol. The van der Waals surface area contributed by atoms with Gasteiger partial charge in [-0.1, -0.05) is 124 Å². The molecule has 0 saturated carbocycles. The van der Waals surface area contributed by atoms with E-state index in [1.807, 2.05) is 87.5 Å². The maximum Gasteiger partial charge on any atom is 0.410 e. The Morgan fingerprint density at radius 2 is 1.45 bits per heavy atom. The summed E-state index contributed by atoms with van der Waals surface area (Å²) >= 11 is 0. The number of benzene rings is 4. The summed E-state index contributed by atoms with van der Waals surface area (Å²) in [6.07, 6.45) is 0.586. The van der Waals surface area contributed by atoms with Gasteiger partial charge >= 0.3 is 12.1 Å². The van der Waals surface area contributed by atoms with E-state index in [1.54, 1.807) is 18.2 Å². The van der Waals surface area contributed by atoms with Crippen molar-refractivity contribution < 1.29 is 38.9 Å². The zero-order valence-corrected chi connectivity index (χ0v) is 34.3. The molecule has 10 nitrogen and oxygen atoms in total. The molecule has 0 fully saturated rings. The molecule has 3 N–H and O–H groups in total. The van der Waals surface area contributed by atoms with Gasteiger partial charge in [0.25, 0.3) is 0 Å². The predicted octanol–water partition coefficient (Wildman–Crippen LogP) is 8.17. The molecule has 2 amide bonds. The number of fused-ring (bicyclic) bond motifs is 3. The number of ether oxygens (including phenoxy) is 2. The second-order valence-corrected chi connectivity index (χ2v) is 15.9. The number of nitrogens with zero attached hydrogens (tertiary/aromatic N) is 1. The second-order valence-electron chi connectivity index (χ2n) is 15.9. The first-order chi connectivity index (χ1) is 27.6. The molecule has 58 heavy (non-hydrogen) atoms. The molecule has 0 radical (unpaired) electrons. The van der Waals surface area contributed by atoms with Crippen LogP contribution in [0.4, 0.5) is 4.79 Å². The van der Waals surface area contributed by atoms with E-state index >= 15 is 0 Å². The molecule has 1 aliphatic rings. The molecule has 4 aromatic rings. The first-order valence-electron chi connectivity index (χ1n) is 19.9. The minimum atomic E-state index is -1.76. The first kappa shape index (κ1) is 43.4. The minimum absolute atomic E-state index is 0.0361. The standard InChI is InChI=1S/C48H56N2O8/c1-8-30(3)42(50(7)47(55)57-29-40-38-21-15-13-19-36(38)37-20-14-16-22-39(37)40)41(52)28-34(27-32-23-25-35(51)26-24-32)45(53)49-44(48(5,6)56)46(54)58-43(31(4)9-2)33-17-11-10-12-18-33/h9-26,30-31,34,40,42-44,51,56H,2,8,27-29H2,1,3-7H3,(H,49,53)/t30-,31+,34-,42-,43-,44+/m0/s1. The topological polar surface area (TPSA) is 142 Å². The van der Waals surface area contributed by atoms with E-state index in [2.05, 4.69) is 24.0 Å². The summed E-state index contributed by atoms with van der Waals surface area (Å²) in [4.78, 5) is 57.8. The Morgan fingerprint density at radius 1 is 0.879 bits per heavy atom. The monoisotopic (exact) mass is 788 g/mol. The van der Waals surface area contributed by atoms with Crippen LogP contribution in [-0.2, 0) is 30.3 Å². The zero-order chi connectivity index (χ0) is 42.1. The minimum Gasteiger partial charge on any atom is -0.508 e. The summed E-state index contributed by atoms with van der Waals surface area (Å²) < 4.78 is 11.9. The van der Waals surface area contributed by atoms with Gasteiger partial charge in [-0.2, -0.15) is 0 Å². The van der Waals surface area contributed by atoms with Crippen molar-refractivity contribution in [2.75, 3.05) is 13.7 Å². The third kappa shape index (κ3) is 10.2. The van der Waals surface area contributed by atoms with Crippen molar-refractivity contribution in [3.8, 4) is 16.9 Å². The van der Waals surface area contributed by atoms with Gasteiger partial charge in [-0.15, -0.1) is 6.58 Å². The van der Waals surface area contributed by atoms with Crippen LogP contribution < -0.4 is 5.32 Å². The molecule has 306 valence electrons. The lowest BCUT2D eigenvalue weighted by Crippen LogP contribution is -2.56. The number of phenols is 1. The van der Waals surface area contributed by atoms with Crippen molar-refractivity contribution >= 4 is 23.8 Å². The number of phenolic OH excluding ortho intramolecular Hbond substituents is 1. The predicted molar refractivity (Wildman–Crippen MR) is 224 cm³/mol. The van der Waals surface area contributed by atoms with Crippen molar-refractivity contribution in [3.05, 3.63) is 138 Å². The summed E-state index contributed by atoms with van der Waals surface area (Å²) in [6, 6.07) is 29.1. The number of esters is 1. The number of aliphatic hydroxyl groups is 1. The number of Topliss-reactive ketones (excluding diaryl/α,β-unsaturated/α-hetero) is 1. The number of hydrogen-bond donors (Lipinski definition) is 3. The van der Waals surface area contributed by atoms with Gasteiger partial charge in [0.15, 0.2) is 11.8 Å². The van der Waals surface area contributed by atoms with Crippen LogP contribution in [0, 0.1) is 17.8 Å². The molecule has 0 unspecified atom stereocenters. The third-order valence-corrected chi connectivity index (χ3v) is 11.2. The number of amides is 2. The van der Waals surface area contributed by atoms with Crippen LogP contribution in [0.1, 0.15) is 81.7 Å². The number of nitrogens with one attached hydrogen (secondary N) is 1. The summed E-state index contributed by atoms with van der Waals surface area (Å²) in [7, 11) is 1.54. The van der Waals surface area contributed by atoms with Gasteiger partial charge in [0.05, 0.1) is 11.6 Å². The number of aromatic hydroxyl groups is 1. The van der Waals surface area contributed by atoms with Gasteiger partial charge < -0.3 is 29.9 Å². The van der Waals surface area contributed by atoms with Crippen LogP contribution in [0.3, 0.4) is 0 Å². The summed E-state index contributed by atoms with van der Waals surface area (Å²) in [5.41, 5.74) is 3.94. The molecular weight excluding hydrogens is 733 g/mol. The lowest BCUT2D eigenvalue weighted by atomic mass is 9.86. The van der Waals surface area contributed by atoms with Crippen LogP contribution in [0.5, 0.6) is 5.75 Å². The largest absolute Gasteiger partial charge is 0.508 e. The lowest BCUT2D eigenvalue weighted by Gasteiger charge is -2.33. The Labute approximate surface area is 341 Å². The number of rotatable bonds is 18.